The Balaban J connectivity index is 1.61. The van der Waals surface area contributed by atoms with E-state index in [0.29, 0.717) is 23.6 Å². The third-order valence-electron chi connectivity index (χ3n) is 4.56. The van der Waals surface area contributed by atoms with E-state index < -0.39 is 30.0 Å². The Morgan fingerprint density at radius 2 is 2.04 bits per heavy atom. The second kappa shape index (κ2) is 7.45. The van der Waals surface area contributed by atoms with Crippen LogP contribution in [0.3, 0.4) is 0 Å². The van der Waals surface area contributed by atoms with Crippen molar-refractivity contribution in [2.45, 2.75) is 37.6 Å². The number of aldehydes is 1. The van der Waals surface area contributed by atoms with Crippen LogP contribution in [0.2, 0.25) is 0 Å². The highest BCUT2D eigenvalue weighted by molar-refractivity contribution is 9.10. The molecular formula is C17H18BrN3O5. The molecule has 1 aromatic carbocycles. The van der Waals surface area contributed by atoms with Gasteiger partial charge in [0.1, 0.15) is 11.3 Å². The molecule has 1 saturated carbocycles. The standard InChI is InChI=1S/C17H18BrN3O5/c18-12-4-5-13(11(8-12)9-22)26-10-14(23)20-21-15(24)17(19-16(21)25)6-2-1-3-7-17/h4-5,8-9H,1-3,6-7,10H2,(H,19,25)(H,20,23). The molecule has 1 aliphatic heterocycles. The lowest BCUT2D eigenvalue weighted by Crippen LogP contribution is -2.51. The molecule has 1 spiro atoms. The van der Waals surface area contributed by atoms with Crippen LogP contribution >= 0.6 is 15.9 Å². The summed E-state index contributed by atoms with van der Waals surface area (Å²) in [5.41, 5.74) is 1.66. The van der Waals surface area contributed by atoms with E-state index in [-0.39, 0.29) is 11.3 Å². The highest BCUT2D eigenvalue weighted by Crippen LogP contribution is 2.33. The molecule has 1 heterocycles. The van der Waals surface area contributed by atoms with Gasteiger partial charge in [-0.3, -0.25) is 19.8 Å². The van der Waals surface area contributed by atoms with Gasteiger partial charge >= 0.3 is 6.03 Å². The summed E-state index contributed by atoms with van der Waals surface area (Å²) in [5.74, 6) is -0.867. The summed E-state index contributed by atoms with van der Waals surface area (Å²) in [6.45, 7) is -0.438. The molecule has 8 nitrogen and oxygen atoms in total. The molecule has 1 aromatic rings. The first kappa shape index (κ1) is 18.4. The van der Waals surface area contributed by atoms with Gasteiger partial charge in [-0.05, 0) is 31.0 Å². The minimum absolute atomic E-state index is 0.235. The zero-order chi connectivity index (χ0) is 18.7. The topological polar surface area (TPSA) is 105 Å². The lowest BCUT2D eigenvalue weighted by Gasteiger charge is -2.30. The molecule has 3 rings (SSSR count). The van der Waals surface area contributed by atoms with Crippen LogP contribution in [0, 0.1) is 0 Å². The Kier molecular flexibility index (Phi) is 5.26. The van der Waals surface area contributed by atoms with Crippen LogP contribution in [-0.2, 0) is 9.59 Å². The van der Waals surface area contributed by atoms with E-state index >= 15 is 0 Å². The SMILES string of the molecule is O=Cc1cc(Br)ccc1OCC(=O)NN1C(=O)NC2(CCCCC2)C1=O. The van der Waals surface area contributed by atoms with Crippen molar-refractivity contribution >= 4 is 40.1 Å². The maximum atomic E-state index is 12.6. The number of hydrazine groups is 1. The van der Waals surface area contributed by atoms with Crippen molar-refractivity contribution in [1.82, 2.24) is 15.8 Å². The Bertz CT molecular complexity index is 761. The van der Waals surface area contributed by atoms with E-state index in [1.807, 2.05) is 0 Å². The summed E-state index contributed by atoms with van der Waals surface area (Å²) < 4.78 is 6.03. The van der Waals surface area contributed by atoms with Crippen molar-refractivity contribution in [3.05, 3.63) is 28.2 Å². The summed E-state index contributed by atoms with van der Waals surface area (Å²) in [6, 6.07) is 4.14. The van der Waals surface area contributed by atoms with Gasteiger partial charge in [-0.25, -0.2) is 4.79 Å². The van der Waals surface area contributed by atoms with Crippen LogP contribution in [0.4, 0.5) is 4.79 Å². The van der Waals surface area contributed by atoms with Crippen molar-refractivity contribution in [1.29, 1.82) is 0 Å². The molecule has 0 aromatic heterocycles. The fourth-order valence-electron chi connectivity index (χ4n) is 3.26. The number of urea groups is 1. The predicted molar refractivity (Wildman–Crippen MR) is 94.4 cm³/mol. The molecule has 4 amide bonds. The first-order chi connectivity index (χ1) is 12.4. The quantitative estimate of drug-likeness (QED) is 0.555. The summed E-state index contributed by atoms with van der Waals surface area (Å²) in [5, 5.41) is 3.42. The van der Waals surface area contributed by atoms with E-state index in [1.165, 1.54) is 0 Å². The van der Waals surface area contributed by atoms with Crippen LogP contribution in [0.5, 0.6) is 5.75 Å². The van der Waals surface area contributed by atoms with Gasteiger partial charge in [0.25, 0.3) is 11.8 Å². The lowest BCUT2D eigenvalue weighted by atomic mass is 9.82. The number of imide groups is 1. The highest BCUT2D eigenvalue weighted by Gasteiger charge is 2.52. The van der Waals surface area contributed by atoms with Gasteiger partial charge in [0.05, 0.1) is 5.56 Å². The summed E-state index contributed by atoms with van der Waals surface area (Å²) in [4.78, 5) is 47.8. The van der Waals surface area contributed by atoms with Crippen molar-refractivity contribution in [2.24, 2.45) is 0 Å². The molecule has 2 N–H and O–H groups in total. The van der Waals surface area contributed by atoms with E-state index in [2.05, 4.69) is 26.7 Å². The number of rotatable bonds is 5. The molecule has 0 unspecified atom stereocenters. The lowest BCUT2D eigenvalue weighted by molar-refractivity contribution is -0.140. The number of ether oxygens (including phenoxy) is 1. The molecule has 0 radical (unpaired) electrons. The number of nitrogens with zero attached hydrogens (tertiary/aromatic N) is 1. The molecule has 1 saturated heterocycles. The Labute approximate surface area is 158 Å². The monoisotopic (exact) mass is 423 g/mol. The number of nitrogens with one attached hydrogen (secondary N) is 2. The molecule has 0 bridgehead atoms. The maximum absolute atomic E-state index is 12.6. The molecular weight excluding hydrogens is 406 g/mol. The van der Waals surface area contributed by atoms with Crippen molar-refractivity contribution < 1.29 is 23.9 Å². The van der Waals surface area contributed by atoms with Gasteiger partial charge < -0.3 is 10.1 Å². The number of amides is 4. The largest absolute Gasteiger partial charge is 0.483 e. The van der Waals surface area contributed by atoms with E-state index in [1.54, 1.807) is 18.2 Å². The first-order valence-electron chi connectivity index (χ1n) is 8.29. The summed E-state index contributed by atoms with van der Waals surface area (Å²) >= 11 is 3.24. The molecule has 9 heteroatoms. The average Bonchev–Trinajstić information content (AvgIpc) is 2.85. The number of halogens is 1. The third-order valence-corrected chi connectivity index (χ3v) is 5.06. The highest BCUT2D eigenvalue weighted by atomic mass is 79.9. The number of carbonyl (C=O) groups excluding carboxylic acids is 4. The van der Waals surface area contributed by atoms with Crippen LogP contribution in [0.1, 0.15) is 42.5 Å². The molecule has 26 heavy (non-hydrogen) atoms. The van der Waals surface area contributed by atoms with Gasteiger partial charge in [-0.15, -0.1) is 0 Å². The van der Waals surface area contributed by atoms with E-state index in [9.17, 15) is 19.2 Å². The van der Waals surface area contributed by atoms with Crippen LogP contribution in [0.15, 0.2) is 22.7 Å². The third kappa shape index (κ3) is 3.57. The van der Waals surface area contributed by atoms with Gasteiger partial charge in [0, 0.05) is 4.47 Å². The Morgan fingerprint density at radius 1 is 1.31 bits per heavy atom. The van der Waals surface area contributed by atoms with Crippen molar-refractivity contribution in [3.63, 3.8) is 0 Å². The minimum Gasteiger partial charge on any atom is -0.483 e. The molecule has 2 fully saturated rings. The first-order valence-corrected chi connectivity index (χ1v) is 9.08. The van der Waals surface area contributed by atoms with E-state index in [0.717, 1.165) is 24.3 Å². The molecule has 0 atom stereocenters. The van der Waals surface area contributed by atoms with Gasteiger partial charge in [0.2, 0.25) is 0 Å². The van der Waals surface area contributed by atoms with Crippen LogP contribution in [0.25, 0.3) is 0 Å². The Hall–Kier alpha value is -2.42. The minimum atomic E-state index is -0.903. The van der Waals surface area contributed by atoms with Gasteiger partial charge in [0.15, 0.2) is 12.9 Å². The van der Waals surface area contributed by atoms with Gasteiger partial charge in [-0.2, -0.15) is 5.01 Å². The molecule has 138 valence electrons. The zero-order valence-corrected chi connectivity index (χ0v) is 15.5. The fraction of sp³-hybridized carbons (Fsp3) is 0.412. The van der Waals surface area contributed by atoms with Crippen LogP contribution < -0.4 is 15.5 Å². The average molecular weight is 424 g/mol. The fourth-order valence-corrected chi connectivity index (χ4v) is 3.64. The smallest absolute Gasteiger partial charge is 0.344 e. The molecule has 1 aliphatic carbocycles. The second-order valence-corrected chi connectivity index (χ2v) is 7.25. The number of benzene rings is 1. The summed E-state index contributed by atoms with van der Waals surface area (Å²) in [7, 11) is 0. The molecule has 2 aliphatic rings. The van der Waals surface area contributed by atoms with E-state index in [4.69, 9.17) is 4.74 Å². The second-order valence-electron chi connectivity index (χ2n) is 6.34. The number of hydrogen-bond acceptors (Lipinski definition) is 5. The van der Waals surface area contributed by atoms with Crippen LogP contribution in [-0.4, -0.2) is 41.3 Å². The van der Waals surface area contributed by atoms with Crippen molar-refractivity contribution in [2.75, 3.05) is 6.61 Å². The van der Waals surface area contributed by atoms with Gasteiger partial charge in [-0.1, -0.05) is 35.2 Å². The Morgan fingerprint density at radius 3 is 2.73 bits per heavy atom. The number of carbonyl (C=O) groups is 4. The van der Waals surface area contributed by atoms with Crippen molar-refractivity contribution in [3.8, 4) is 5.75 Å². The predicted octanol–water partition coefficient (Wildman–Crippen LogP) is 1.93. The number of hydrogen-bond donors (Lipinski definition) is 2. The summed E-state index contributed by atoms with van der Waals surface area (Å²) in [6.07, 6.45) is 4.49. The normalized spacial score (nSPS) is 18.6. The zero-order valence-electron chi connectivity index (χ0n) is 13.9. The maximum Gasteiger partial charge on any atom is 0.344 e.